The molecule has 0 bridgehead atoms. The molecular weight excluding hydrogens is 452 g/mol. The van der Waals surface area contributed by atoms with E-state index in [0.29, 0.717) is 48.2 Å². The first kappa shape index (κ1) is 21.5. The summed E-state index contributed by atoms with van der Waals surface area (Å²) in [6.45, 7) is 2.81. The topological polar surface area (TPSA) is 64.7 Å². The fraction of sp³-hybridized carbons (Fsp3) is 0.261. The van der Waals surface area contributed by atoms with Crippen molar-refractivity contribution >= 4 is 23.2 Å². The highest BCUT2D eigenvalue weighted by atomic mass is 35.5. The second-order valence-electron chi connectivity index (χ2n) is 7.90. The van der Waals surface area contributed by atoms with Crippen LogP contribution in [-0.4, -0.2) is 55.5 Å². The number of nitrogens with zero attached hydrogens (tertiary/aromatic N) is 5. The molecule has 0 aliphatic carbocycles. The van der Waals surface area contributed by atoms with Gasteiger partial charge in [0.2, 0.25) is 5.91 Å². The molecule has 5 rings (SSSR count). The number of carbonyl (C=O) groups excluding carboxylic acids is 1. The number of aromatic nitrogens is 4. The van der Waals surface area contributed by atoms with E-state index < -0.39 is 11.6 Å². The first-order chi connectivity index (χ1) is 15.9. The summed E-state index contributed by atoms with van der Waals surface area (Å²) in [6.07, 6.45) is 6.28. The maximum Gasteiger partial charge on any atom is 0.219 e. The number of morpholine rings is 1. The first-order valence-electron chi connectivity index (χ1n) is 10.4. The van der Waals surface area contributed by atoms with E-state index >= 15 is 8.78 Å². The van der Waals surface area contributed by atoms with Crippen molar-refractivity contribution in [1.29, 1.82) is 0 Å². The lowest BCUT2D eigenvalue weighted by molar-refractivity contribution is -0.136. The summed E-state index contributed by atoms with van der Waals surface area (Å²) >= 11 is 6.13. The van der Waals surface area contributed by atoms with E-state index in [1.807, 2.05) is 0 Å². The summed E-state index contributed by atoms with van der Waals surface area (Å²) < 4.78 is 39.7. The Kier molecular flexibility index (Phi) is 5.59. The number of fused-ring (bicyclic) bond motifs is 1. The summed E-state index contributed by atoms with van der Waals surface area (Å²) in [5.74, 6) is -1.53. The van der Waals surface area contributed by atoms with Crippen LogP contribution in [0.1, 0.15) is 12.6 Å². The van der Waals surface area contributed by atoms with Crippen molar-refractivity contribution in [3.05, 3.63) is 71.5 Å². The molecule has 1 aromatic carbocycles. The van der Waals surface area contributed by atoms with Gasteiger partial charge in [-0.2, -0.15) is 0 Å². The first-order valence-corrected chi connectivity index (χ1v) is 10.8. The number of imidazole rings is 2. The standard InChI is InChI=1S/C23H20ClF2N5O2/c1-14(32)29-6-7-33-17(12-29)11-20-23(28-21-8-15(24)2-4-31(20)21)22-18(25)9-16(10-19(22)26)30-5-3-27-13-30/h2-5,8-10,13,17H,6-7,11-12H2,1H3/t17-/m0/s1. The molecule has 0 spiro atoms. The molecule has 0 radical (unpaired) electrons. The molecule has 0 N–H and O–H groups in total. The van der Waals surface area contributed by atoms with Crippen molar-refractivity contribution in [2.75, 3.05) is 19.7 Å². The van der Waals surface area contributed by atoms with Crippen LogP contribution in [0.4, 0.5) is 8.78 Å². The van der Waals surface area contributed by atoms with Crippen LogP contribution in [0.15, 0.2) is 49.2 Å². The van der Waals surface area contributed by atoms with Crippen LogP contribution in [-0.2, 0) is 16.0 Å². The number of ether oxygens (including phenoxy) is 1. The Morgan fingerprint density at radius 2 is 2.03 bits per heavy atom. The summed E-state index contributed by atoms with van der Waals surface area (Å²) in [7, 11) is 0. The zero-order chi connectivity index (χ0) is 23.1. The van der Waals surface area contributed by atoms with Crippen molar-refractivity contribution in [2.24, 2.45) is 0 Å². The monoisotopic (exact) mass is 471 g/mol. The van der Waals surface area contributed by atoms with Gasteiger partial charge in [-0.25, -0.2) is 18.7 Å². The average Bonchev–Trinajstić information content (AvgIpc) is 3.42. The Balaban J connectivity index is 1.61. The number of pyridine rings is 1. The maximum atomic E-state index is 15.3. The summed E-state index contributed by atoms with van der Waals surface area (Å²) in [6, 6.07) is 5.81. The van der Waals surface area contributed by atoms with Crippen molar-refractivity contribution in [1.82, 2.24) is 23.8 Å². The third-order valence-corrected chi connectivity index (χ3v) is 5.99. The highest BCUT2D eigenvalue weighted by Gasteiger charge is 2.28. The molecular formula is C23H20ClF2N5O2. The molecule has 1 atom stereocenters. The summed E-state index contributed by atoms with van der Waals surface area (Å²) in [4.78, 5) is 22.0. The van der Waals surface area contributed by atoms with E-state index in [9.17, 15) is 4.79 Å². The summed E-state index contributed by atoms with van der Waals surface area (Å²) in [5.41, 5.74) is 1.29. The van der Waals surface area contributed by atoms with Gasteiger partial charge >= 0.3 is 0 Å². The zero-order valence-electron chi connectivity index (χ0n) is 17.7. The Morgan fingerprint density at radius 3 is 2.73 bits per heavy atom. The smallest absolute Gasteiger partial charge is 0.219 e. The second-order valence-corrected chi connectivity index (χ2v) is 8.33. The van der Waals surface area contributed by atoms with Crippen LogP contribution < -0.4 is 0 Å². The fourth-order valence-electron chi connectivity index (χ4n) is 4.16. The Labute approximate surface area is 193 Å². The van der Waals surface area contributed by atoms with E-state index in [4.69, 9.17) is 16.3 Å². The number of hydrogen-bond acceptors (Lipinski definition) is 4. The van der Waals surface area contributed by atoms with Gasteiger partial charge in [0.15, 0.2) is 0 Å². The van der Waals surface area contributed by atoms with E-state index in [2.05, 4.69) is 9.97 Å². The molecule has 33 heavy (non-hydrogen) atoms. The SMILES string of the molecule is CC(=O)N1CCO[C@@H](Cc2c(-c3c(F)cc(-n4ccnc4)cc3F)nc3cc(Cl)ccn23)C1. The number of amides is 1. The van der Waals surface area contributed by atoms with Crippen molar-refractivity contribution in [2.45, 2.75) is 19.4 Å². The Hall–Kier alpha value is -3.30. The highest BCUT2D eigenvalue weighted by molar-refractivity contribution is 6.30. The molecule has 0 saturated carbocycles. The minimum absolute atomic E-state index is 0.0411. The lowest BCUT2D eigenvalue weighted by atomic mass is 10.0. The van der Waals surface area contributed by atoms with Crippen LogP contribution in [0.3, 0.4) is 0 Å². The molecule has 1 aliphatic rings. The van der Waals surface area contributed by atoms with Crippen LogP contribution >= 0.6 is 11.6 Å². The van der Waals surface area contributed by atoms with E-state index in [-0.39, 0.29) is 23.3 Å². The molecule has 10 heteroatoms. The normalized spacial score (nSPS) is 16.5. The number of halogens is 3. The van der Waals surface area contributed by atoms with Crippen LogP contribution in [0.25, 0.3) is 22.6 Å². The van der Waals surface area contributed by atoms with Gasteiger partial charge in [0, 0.05) is 56.1 Å². The van der Waals surface area contributed by atoms with Gasteiger partial charge in [-0.1, -0.05) is 11.6 Å². The number of hydrogen-bond donors (Lipinski definition) is 0. The van der Waals surface area contributed by atoms with Crippen molar-refractivity contribution in [3.8, 4) is 16.9 Å². The van der Waals surface area contributed by atoms with E-state index in [1.54, 1.807) is 33.8 Å². The number of rotatable bonds is 4. The Morgan fingerprint density at radius 1 is 1.24 bits per heavy atom. The van der Waals surface area contributed by atoms with Gasteiger partial charge in [-0.15, -0.1) is 0 Å². The van der Waals surface area contributed by atoms with Crippen molar-refractivity contribution in [3.63, 3.8) is 0 Å². The molecule has 4 heterocycles. The predicted molar refractivity (Wildman–Crippen MR) is 118 cm³/mol. The minimum atomic E-state index is -0.746. The van der Waals surface area contributed by atoms with Gasteiger partial charge in [0.25, 0.3) is 0 Å². The fourth-order valence-corrected chi connectivity index (χ4v) is 4.31. The number of benzene rings is 1. The molecule has 3 aromatic heterocycles. The highest BCUT2D eigenvalue weighted by Crippen LogP contribution is 2.33. The van der Waals surface area contributed by atoms with Gasteiger partial charge in [0.1, 0.15) is 17.3 Å². The Bertz CT molecular complexity index is 1320. The molecule has 1 fully saturated rings. The van der Waals surface area contributed by atoms with E-state index in [0.717, 1.165) is 0 Å². The average molecular weight is 472 g/mol. The van der Waals surface area contributed by atoms with Crippen molar-refractivity contribution < 1.29 is 18.3 Å². The quantitative estimate of drug-likeness (QED) is 0.453. The lowest BCUT2D eigenvalue weighted by Crippen LogP contribution is -2.45. The van der Waals surface area contributed by atoms with Gasteiger partial charge < -0.3 is 18.6 Å². The summed E-state index contributed by atoms with van der Waals surface area (Å²) in [5, 5.41) is 0.457. The second kappa shape index (κ2) is 8.57. The van der Waals surface area contributed by atoms with Crippen LogP contribution in [0.2, 0.25) is 5.02 Å². The van der Waals surface area contributed by atoms with Gasteiger partial charge in [-0.3, -0.25) is 4.79 Å². The molecule has 1 saturated heterocycles. The zero-order valence-corrected chi connectivity index (χ0v) is 18.5. The molecule has 1 aliphatic heterocycles. The molecule has 0 unspecified atom stereocenters. The lowest BCUT2D eigenvalue weighted by Gasteiger charge is -2.32. The third kappa shape index (κ3) is 4.09. The largest absolute Gasteiger partial charge is 0.374 e. The van der Waals surface area contributed by atoms with Crippen LogP contribution in [0.5, 0.6) is 0 Å². The van der Waals surface area contributed by atoms with Crippen LogP contribution in [0, 0.1) is 11.6 Å². The minimum Gasteiger partial charge on any atom is -0.374 e. The van der Waals surface area contributed by atoms with Gasteiger partial charge in [-0.05, 0) is 18.2 Å². The maximum absolute atomic E-state index is 15.3. The van der Waals surface area contributed by atoms with Gasteiger partial charge in [0.05, 0.1) is 41.7 Å². The molecule has 170 valence electrons. The third-order valence-electron chi connectivity index (χ3n) is 5.76. The molecule has 7 nitrogen and oxygen atoms in total. The predicted octanol–water partition coefficient (Wildman–Crippen LogP) is 3.91. The number of carbonyl (C=O) groups is 1. The molecule has 4 aromatic rings. The molecule has 1 amide bonds. The van der Waals surface area contributed by atoms with E-state index in [1.165, 1.54) is 36.1 Å².